The number of nitrogens with zero attached hydrogens (tertiary/aromatic N) is 2. The van der Waals surface area contributed by atoms with Crippen molar-refractivity contribution in [2.45, 2.75) is 38.9 Å². The van der Waals surface area contributed by atoms with Gasteiger partial charge in [0.15, 0.2) is 0 Å². The lowest BCUT2D eigenvalue weighted by Crippen LogP contribution is -2.53. The van der Waals surface area contributed by atoms with E-state index in [0.717, 1.165) is 16.7 Å². The third kappa shape index (κ3) is 5.61. The second-order valence-corrected chi connectivity index (χ2v) is 9.53. The first-order chi connectivity index (χ1) is 17.8. The average molecular weight is 497 g/mol. The predicted molar refractivity (Wildman–Crippen MR) is 145 cm³/mol. The molecule has 7 nitrogen and oxygen atoms in total. The smallest absolute Gasteiger partial charge is 0.272 e. The molecule has 3 aromatic carbocycles. The maximum absolute atomic E-state index is 13.4. The molecule has 1 unspecified atom stereocenters. The standard InChI is InChI=1S/C30H32N4O3/c1-19(2)25(21-13-7-5-8-14-21)29(36)31-20(3)28(35)33-27-30(37)34(4)24-18-12-11-17-23(24)26(32-27)22-15-9-6-10-16-22/h5-20,25,27H,1-4H3,(H,31,36)(H,33,35)/t20-,25?,27+/m0/s1. The Morgan fingerprint density at radius 3 is 2.08 bits per heavy atom. The Kier molecular flexibility index (Phi) is 7.82. The maximum Gasteiger partial charge on any atom is 0.272 e. The van der Waals surface area contributed by atoms with Crippen LogP contribution in [0.2, 0.25) is 0 Å². The van der Waals surface area contributed by atoms with Crippen molar-refractivity contribution < 1.29 is 14.4 Å². The van der Waals surface area contributed by atoms with E-state index >= 15 is 0 Å². The number of para-hydroxylation sites is 1. The summed E-state index contributed by atoms with van der Waals surface area (Å²) in [4.78, 5) is 45.9. The molecule has 4 rings (SSSR count). The number of rotatable bonds is 7. The predicted octanol–water partition coefficient (Wildman–Crippen LogP) is 3.89. The molecule has 7 heteroatoms. The number of anilines is 1. The molecule has 1 heterocycles. The van der Waals surface area contributed by atoms with Crippen molar-refractivity contribution in [3.63, 3.8) is 0 Å². The van der Waals surface area contributed by atoms with Crippen LogP contribution in [0, 0.1) is 5.92 Å². The molecule has 3 atom stereocenters. The number of benzodiazepines with no additional fused rings is 1. The van der Waals surface area contributed by atoms with Gasteiger partial charge in [-0.25, -0.2) is 4.99 Å². The van der Waals surface area contributed by atoms with Crippen LogP contribution >= 0.6 is 0 Å². The second-order valence-electron chi connectivity index (χ2n) is 9.53. The van der Waals surface area contributed by atoms with E-state index in [4.69, 9.17) is 4.99 Å². The molecule has 0 fully saturated rings. The molecule has 0 radical (unpaired) electrons. The van der Waals surface area contributed by atoms with Crippen LogP contribution in [0.15, 0.2) is 89.9 Å². The Labute approximate surface area is 217 Å². The summed E-state index contributed by atoms with van der Waals surface area (Å²) in [5.41, 5.74) is 3.83. The topological polar surface area (TPSA) is 90.9 Å². The summed E-state index contributed by atoms with van der Waals surface area (Å²) in [6.07, 6.45) is -1.14. The number of aliphatic imine (C=N–C) groups is 1. The maximum atomic E-state index is 13.4. The van der Waals surface area contributed by atoms with E-state index in [1.165, 1.54) is 4.90 Å². The minimum absolute atomic E-state index is 0.0336. The van der Waals surface area contributed by atoms with Gasteiger partial charge < -0.3 is 15.5 Å². The van der Waals surface area contributed by atoms with Crippen LogP contribution in [0.1, 0.15) is 43.4 Å². The zero-order valence-electron chi connectivity index (χ0n) is 21.5. The minimum atomic E-state index is -1.14. The summed E-state index contributed by atoms with van der Waals surface area (Å²) >= 11 is 0. The van der Waals surface area contributed by atoms with Gasteiger partial charge >= 0.3 is 0 Å². The molecule has 0 aromatic heterocycles. The molecule has 3 amide bonds. The third-order valence-corrected chi connectivity index (χ3v) is 6.53. The van der Waals surface area contributed by atoms with Gasteiger partial charge in [0.1, 0.15) is 6.04 Å². The van der Waals surface area contributed by atoms with Gasteiger partial charge in [0.2, 0.25) is 18.0 Å². The van der Waals surface area contributed by atoms with Crippen molar-refractivity contribution in [2.24, 2.45) is 10.9 Å². The van der Waals surface area contributed by atoms with E-state index in [1.807, 2.05) is 98.8 Å². The van der Waals surface area contributed by atoms with Crippen LogP contribution in [0.3, 0.4) is 0 Å². The number of fused-ring (bicyclic) bond motifs is 1. The first-order valence-corrected chi connectivity index (χ1v) is 12.4. The average Bonchev–Trinajstić information content (AvgIpc) is 3.00. The van der Waals surface area contributed by atoms with Gasteiger partial charge in [-0.1, -0.05) is 92.7 Å². The first-order valence-electron chi connectivity index (χ1n) is 12.4. The van der Waals surface area contributed by atoms with Crippen LogP contribution in [-0.2, 0) is 14.4 Å². The Morgan fingerprint density at radius 2 is 1.43 bits per heavy atom. The number of carbonyl (C=O) groups excluding carboxylic acids is 3. The summed E-state index contributed by atoms with van der Waals surface area (Å²) in [7, 11) is 1.67. The van der Waals surface area contributed by atoms with E-state index in [0.29, 0.717) is 11.4 Å². The molecular formula is C30H32N4O3. The Morgan fingerprint density at radius 1 is 0.838 bits per heavy atom. The molecule has 0 bridgehead atoms. The van der Waals surface area contributed by atoms with Crippen molar-refractivity contribution in [1.29, 1.82) is 0 Å². The first kappa shape index (κ1) is 25.8. The molecule has 37 heavy (non-hydrogen) atoms. The normalized spacial score (nSPS) is 16.8. The third-order valence-electron chi connectivity index (χ3n) is 6.53. The fourth-order valence-electron chi connectivity index (χ4n) is 4.57. The molecule has 0 spiro atoms. The molecule has 3 aromatic rings. The van der Waals surface area contributed by atoms with E-state index in [2.05, 4.69) is 10.6 Å². The number of likely N-dealkylation sites (N-methyl/N-ethyl adjacent to an activating group) is 1. The highest BCUT2D eigenvalue weighted by Gasteiger charge is 2.33. The summed E-state index contributed by atoms with van der Waals surface area (Å²) in [5, 5.41) is 5.58. The van der Waals surface area contributed by atoms with Crippen molar-refractivity contribution >= 4 is 29.1 Å². The highest BCUT2D eigenvalue weighted by atomic mass is 16.2. The summed E-state index contributed by atoms with van der Waals surface area (Å²) in [5.74, 6) is -1.47. The number of nitrogens with one attached hydrogen (secondary N) is 2. The quantitative estimate of drug-likeness (QED) is 0.520. The number of hydrogen-bond donors (Lipinski definition) is 2. The van der Waals surface area contributed by atoms with Gasteiger partial charge in [-0.3, -0.25) is 14.4 Å². The summed E-state index contributed by atoms with van der Waals surface area (Å²) in [6.45, 7) is 5.55. The number of hydrogen-bond acceptors (Lipinski definition) is 4. The van der Waals surface area contributed by atoms with Crippen molar-refractivity contribution in [1.82, 2.24) is 10.6 Å². The van der Waals surface area contributed by atoms with E-state index in [-0.39, 0.29) is 17.7 Å². The van der Waals surface area contributed by atoms with Gasteiger partial charge in [0, 0.05) is 18.2 Å². The van der Waals surface area contributed by atoms with Crippen molar-refractivity contribution in [3.05, 3.63) is 102 Å². The number of amides is 3. The molecule has 1 aliphatic heterocycles. The second kappa shape index (κ2) is 11.2. The SMILES string of the molecule is CC(C)C(C(=O)N[C@@H](C)C(=O)N[C@H]1N=C(c2ccccc2)c2ccccc2N(C)C1=O)c1ccccc1. The van der Waals surface area contributed by atoms with Crippen LogP contribution in [-0.4, -0.2) is 42.7 Å². The van der Waals surface area contributed by atoms with Crippen LogP contribution < -0.4 is 15.5 Å². The zero-order chi connectivity index (χ0) is 26.5. The fraction of sp³-hybridized carbons (Fsp3) is 0.267. The number of benzene rings is 3. The van der Waals surface area contributed by atoms with Crippen LogP contribution in [0.5, 0.6) is 0 Å². The van der Waals surface area contributed by atoms with Gasteiger partial charge in [-0.05, 0) is 24.5 Å². The summed E-state index contributed by atoms with van der Waals surface area (Å²) in [6, 6.07) is 25.7. The monoisotopic (exact) mass is 496 g/mol. The minimum Gasteiger partial charge on any atom is -0.344 e. The van der Waals surface area contributed by atoms with Crippen LogP contribution in [0.4, 0.5) is 5.69 Å². The lowest BCUT2D eigenvalue weighted by molar-refractivity contribution is -0.131. The Balaban J connectivity index is 1.57. The highest BCUT2D eigenvalue weighted by molar-refractivity contribution is 6.20. The highest BCUT2D eigenvalue weighted by Crippen LogP contribution is 2.27. The lowest BCUT2D eigenvalue weighted by atomic mass is 9.87. The van der Waals surface area contributed by atoms with Crippen LogP contribution in [0.25, 0.3) is 0 Å². The Bertz CT molecular complexity index is 1300. The van der Waals surface area contributed by atoms with E-state index < -0.39 is 24.0 Å². The van der Waals surface area contributed by atoms with Crippen molar-refractivity contribution in [2.75, 3.05) is 11.9 Å². The molecule has 1 aliphatic rings. The molecule has 0 saturated carbocycles. The van der Waals surface area contributed by atoms with Gasteiger partial charge in [-0.2, -0.15) is 0 Å². The number of carbonyl (C=O) groups is 3. The lowest BCUT2D eigenvalue weighted by Gasteiger charge is -2.24. The van der Waals surface area contributed by atoms with Gasteiger partial charge in [0.25, 0.3) is 5.91 Å². The largest absolute Gasteiger partial charge is 0.344 e. The van der Waals surface area contributed by atoms with Gasteiger partial charge in [-0.15, -0.1) is 0 Å². The van der Waals surface area contributed by atoms with Gasteiger partial charge in [0.05, 0.1) is 17.3 Å². The molecule has 0 saturated heterocycles. The molecule has 2 N–H and O–H groups in total. The zero-order valence-corrected chi connectivity index (χ0v) is 21.5. The molecule has 0 aliphatic carbocycles. The summed E-state index contributed by atoms with van der Waals surface area (Å²) < 4.78 is 0. The van der Waals surface area contributed by atoms with Crippen molar-refractivity contribution in [3.8, 4) is 0 Å². The molecule has 190 valence electrons. The fourth-order valence-corrected chi connectivity index (χ4v) is 4.57. The Hall–Kier alpha value is -4.26. The molecular weight excluding hydrogens is 464 g/mol. The van der Waals surface area contributed by atoms with E-state index in [9.17, 15) is 14.4 Å². The van der Waals surface area contributed by atoms with E-state index in [1.54, 1.807) is 14.0 Å².